The van der Waals surface area contributed by atoms with Crippen LogP contribution in [0.3, 0.4) is 0 Å². The molecule has 1 heterocycles. The Balaban J connectivity index is 2.20. The van der Waals surface area contributed by atoms with E-state index in [4.69, 9.17) is 9.84 Å². The van der Waals surface area contributed by atoms with Gasteiger partial charge >= 0.3 is 5.97 Å². The minimum absolute atomic E-state index is 0.778. The Labute approximate surface area is 105 Å². The fraction of sp³-hybridized carbons (Fsp3) is 0.462. The predicted molar refractivity (Wildman–Crippen MR) is 67.8 cm³/mol. The van der Waals surface area contributed by atoms with E-state index in [2.05, 4.69) is 0 Å². The number of carbonyl (C=O) groups is 1. The van der Waals surface area contributed by atoms with Crippen LogP contribution in [-0.4, -0.2) is 22.4 Å². The van der Waals surface area contributed by atoms with Crippen molar-refractivity contribution in [1.82, 2.24) is 0 Å². The Kier molecular flexibility index (Phi) is 3.33. The molecule has 0 saturated carbocycles. The van der Waals surface area contributed by atoms with E-state index in [-0.39, 0.29) is 0 Å². The normalized spacial score (nSPS) is 14.9. The second kappa shape index (κ2) is 4.61. The molecule has 1 aliphatic heterocycles. The molecule has 1 N–H and O–H groups in total. The number of hydrogen-bond acceptors (Lipinski definition) is 3. The molecule has 0 aliphatic carbocycles. The van der Waals surface area contributed by atoms with E-state index in [1.54, 1.807) is 13.8 Å². The highest BCUT2D eigenvalue weighted by molar-refractivity contribution is 8.01. The lowest BCUT2D eigenvalue weighted by Gasteiger charge is -2.21. The van der Waals surface area contributed by atoms with Crippen LogP contribution >= 0.6 is 11.8 Å². The van der Waals surface area contributed by atoms with Crippen LogP contribution in [0.2, 0.25) is 0 Å². The van der Waals surface area contributed by atoms with Crippen LogP contribution in [0, 0.1) is 0 Å². The van der Waals surface area contributed by atoms with Crippen LogP contribution in [-0.2, 0) is 11.2 Å². The molecule has 0 unspecified atom stereocenters. The highest BCUT2D eigenvalue weighted by Crippen LogP contribution is 2.36. The second-order valence-corrected chi connectivity index (χ2v) is 6.34. The van der Waals surface area contributed by atoms with Crippen molar-refractivity contribution in [2.45, 2.75) is 36.3 Å². The molecular weight excluding hydrogens is 236 g/mol. The maximum atomic E-state index is 11.1. The van der Waals surface area contributed by atoms with Crippen molar-refractivity contribution < 1.29 is 14.6 Å². The molecule has 0 aromatic heterocycles. The molecule has 0 spiro atoms. The summed E-state index contributed by atoms with van der Waals surface area (Å²) in [4.78, 5) is 12.1. The van der Waals surface area contributed by atoms with Crippen LogP contribution in [0.5, 0.6) is 5.75 Å². The van der Waals surface area contributed by atoms with E-state index in [1.807, 2.05) is 18.2 Å². The van der Waals surface area contributed by atoms with Crippen molar-refractivity contribution in [3.8, 4) is 5.75 Å². The van der Waals surface area contributed by atoms with Crippen molar-refractivity contribution in [1.29, 1.82) is 0 Å². The predicted octanol–water partition coefficient (Wildman–Crippen LogP) is 2.97. The van der Waals surface area contributed by atoms with E-state index in [1.165, 1.54) is 17.3 Å². The van der Waals surface area contributed by atoms with Crippen molar-refractivity contribution in [2.75, 3.05) is 6.61 Å². The highest BCUT2D eigenvalue weighted by atomic mass is 32.2. The quantitative estimate of drug-likeness (QED) is 0.840. The number of benzene rings is 1. The maximum absolute atomic E-state index is 11.1. The Bertz CT molecular complexity index is 440. The number of hydrogen-bond donors (Lipinski definition) is 1. The third kappa shape index (κ3) is 2.75. The first kappa shape index (κ1) is 12.3. The summed E-state index contributed by atoms with van der Waals surface area (Å²) in [6, 6.07) is 5.91. The maximum Gasteiger partial charge on any atom is 0.319 e. The number of aryl methyl sites for hydroxylation is 1. The zero-order valence-electron chi connectivity index (χ0n) is 10.0. The van der Waals surface area contributed by atoms with Crippen LogP contribution in [0.1, 0.15) is 25.8 Å². The lowest BCUT2D eigenvalue weighted by molar-refractivity contribution is -0.138. The molecule has 1 aromatic carbocycles. The lowest BCUT2D eigenvalue weighted by Crippen LogP contribution is -2.26. The van der Waals surface area contributed by atoms with Gasteiger partial charge in [0.25, 0.3) is 0 Å². The summed E-state index contributed by atoms with van der Waals surface area (Å²) in [7, 11) is 0. The molecule has 17 heavy (non-hydrogen) atoms. The minimum Gasteiger partial charge on any atom is -0.493 e. The molecule has 92 valence electrons. The van der Waals surface area contributed by atoms with Gasteiger partial charge in [0.2, 0.25) is 0 Å². The van der Waals surface area contributed by atoms with E-state index >= 15 is 0 Å². The summed E-state index contributed by atoms with van der Waals surface area (Å²) in [5.74, 6) is 0.144. The Hall–Kier alpha value is -1.16. The second-order valence-electron chi connectivity index (χ2n) is 4.64. The van der Waals surface area contributed by atoms with E-state index in [0.717, 1.165) is 30.1 Å². The molecule has 1 aliphatic rings. The molecule has 0 bridgehead atoms. The number of carboxylic acids is 1. The third-order valence-corrected chi connectivity index (χ3v) is 3.94. The van der Waals surface area contributed by atoms with Gasteiger partial charge < -0.3 is 9.84 Å². The first-order valence-corrected chi connectivity index (χ1v) is 6.49. The summed E-state index contributed by atoms with van der Waals surface area (Å²) in [6.07, 6.45) is 2.04. The van der Waals surface area contributed by atoms with Gasteiger partial charge in [0.15, 0.2) is 0 Å². The number of thioether (sulfide) groups is 1. The van der Waals surface area contributed by atoms with Gasteiger partial charge in [0, 0.05) is 4.90 Å². The van der Waals surface area contributed by atoms with Gasteiger partial charge in [-0.2, -0.15) is 0 Å². The summed E-state index contributed by atoms with van der Waals surface area (Å²) >= 11 is 1.37. The van der Waals surface area contributed by atoms with Gasteiger partial charge in [-0.15, -0.1) is 11.8 Å². The van der Waals surface area contributed by atoms with Gasteiger partial charge in [-0.25, -0.2) is 0 Å². The van der Waals surface area contributed by atoms with E-state index in [0.29, 0.717) is 0 Å². The van der Waals surface area contributed by atoms with Gasteiger partial charge in [0.1, 0.15) is 10.5 Å². The highest BCUT2D eigenvalue weighted by Gasteiger charge is 2.28. The Morgan fingerprint density at radius 2 is 2.24 bits per heavy atom. The molecule has 2 rings (SSSR count). The summed E-state index contributed by atoms with van der Waals surface area (Å²) in [6.45, 7) is 4.21. The van der Waals surface area contributed by atoms with Crippen LogP contribution in [0.4, 0.5) is 0 Å². The average Bonchev–Trinajstić information content (AvgIpc) is 2.28. The summed E-state index contributed by atoms with van der Waals surface area (Å²) in [5, 5.41) is 9.10. The van der Waals surface area contributed by atoms with Crippen molar-refractivity contribution in [2.24, 2.45) is 0 Å². The number of aliphatic carboxylic acids is 1. The van der Waals surface area contributed by atoms with Crippen LogP contribution < -0.4 is 4.74 Å². The number of ether oxygens (including phenoxy) is 1. The molecule has 0 saturated heterocycles. The number of carboxylic acid groups (broad SMARTS) is 1. The standard InChI is InChI=1S/C13H16O3S/c1-13(2,12(14)15)17-10-5-6-11-9(8-10)4-3-7-16-11/h5-6,8H,3-4,7H2,1-2H3,(H,14,15). The van der Waals surface area contributed by atoms with Gasteiger partial charge in [-0.05, 0) is 50.5 Å². The van der Waals surface area contributed by atoms with Crippen molar-refractivity contribution >= 4 is 17.7 Å². The van der Waals surface area contributed by atoms with Crippen LogP contribution in [0.25, 0.3) is 0 Å². The zero-order valence-corrected chi connectivity index (χ0v) is 10.8. The molecule has 0 radical (unpaired) electrons. The monoisotopic (exact) mass is 252 g/mol. The average molecular weight is 252 g/mol. The first-order valence-electron chi connectivity index (χ1n) is 5.67. The minimum atomic E-state index is -0.802. The van der Waals surface area contributed by atoms with Crippen molar-refractivity contribution in [3.05, 3.63) is 23.8 Å². The lowest BCUT2D eigenvalue weighted by atomic mass is 10.1. The number of rotatable bonds is 3. The fourth-order valence-corrected chi connectivity index (χ4v) is 2.75. The first-order chi connectivity index (χ1) is 7.99. The fourth-order valence-electron chi connectivity index (χ4n) is 1.74. The third-order valence-electron chi connectivity index (χ3n) is 2.77. The Morgan fingerprint density at radius 1 is 1.47 bits per heavy atom. The largest absolute Gasteiger partial charge is 0.493 e. The number of fused-ring (bicyclic) bond motifs is 1. The zero-order chi connectivity index (χ0) is 12.5. The van der Waals surface area contributed by atoms with E-state index in [9.17, 15) is 4.79 Å². The molecule has 1 aromatic rings. The molecule has 4 heteroatoms. The summed E-state index contributed by atoms with van der Waals surface area (Å²) < 4.78 is 4.73. The van der Waals surface area contributed by atoms with Gasteiger partial charge in [0.05, 0.1) is 6.61 Å². The SMILES string of the molecule is CC(C)(Sc1ccc2c(c1)CCCO2)C(=O)O. The van der Waals surface area contributed by atoms with Crippen LogP contribution in [0.15, 0.2) is 23.1 Å². The smallest absolute Gasteiger partial charge is 0.319 e. The molecule has 3 nitrogen and oxygen atoms in total. The van der Waals surface area contributed by atoms with Gasteiger partial charge in [-0.1, -0.05) is 0 Å². The Morgan fingerprint density at radius 3 is 2.94 bits per heavy atom. The topological polar surface area (TPSA) is 46.5 Å². The van der Waals surface area contributed by atoms with Gasteiger partial charge in [-0.3, -0.25) is 4.79 Å². The molecule has 0 amide bonds. The van der Waals surface area contributed by atoms with E-state index < -0.39 is 10.7 Å². The molecule has 0 fully saturated rings. The molecular formula is C13H16O3S. The molecule has 0 atom stereocenters. The summed E-state index contributed by atoms with van der Waals surface area (Å²) in [5.41, 5.74) is 1.18. The van der Waals surface area contributed by atoms with Crippen molar-refractivity contribution in [3.63, 3.8) is 0 Å².